The van der Waals surface area contributed by atoms with Crippen molar-refractivity contribution in [2.24, 2.45) is 20.0 Å². The molecule has 0 aliphatic carbocycles. The summed E-state index contributed by atoms with van der Waals surface area (Å²) in [5.41, 5.74) is -4.45. The van der Waals surface area contributed by atoms with Gasteiger partial charge in [-0.3, -0.25) is 0 Å². The van der Waals surface area contributed by atoms with E-state index in [1.54, 1.807) is 0 Å². The lowest BCUT2D eigenvalue weighted by atomic mass is 10.2. The van der Waals surface area contributed by atoms with Crippen LogP contribution in [0, 0.1) is 0 Å². The van der Waals surface area contributed by atoms with Crippen LogP contribution in [0.25, 0.3) is 0 Å². The van der Waals surface area contributed by atoms with E-state index in [1.807, 2.05) is 0 Å². The van der Waals surface area contributed by atoms with Crippen LogP contribution in [-0.4, -0.2) is 77.9 Å². The number of hydrogen-bond acceptors (Lipinski definition) is 14. The minimum atomic E-state index is -0.750. The molecule has 0 amide bonds. The molecule has 0 fully saturated rings. The molecule has 0 aliphatic heterocycles. The van der Waals surface area contributed by atoms with Crippen LogP contribution in [0.3, 0.4) is 0 Å². The van der Waals surface area contributed by atoms with Crippen LogP contribution in [0.2, 0.25) is 0 Å². The maximum absolute atomic E-state index is 13.4. The summed E-state index contributed by atoms with van der Waals surface area (Å²) in [6.45, 7) is 1.27. The minimum absolute atomic E-state index is 0.0268. The van der Waals surface area contributed by atoms with E-state index in [9.17, 15) is 47.9 Å². The summed E-state index contributed by atoms with van der Waals surface area (Å²) in [6.07, 6.45) is 13.1. The molecule has 0 aromatic carbocycles. The van der Waals surface area contributed by atoms with Gasteiger partial charge in [-0.1, -0.05) is 0 Å². The smallest absolute Gasteiger partial charge is 0.247 e. The van der Waals surface area contributed by atoms with Gasteiger partial charge in [0.25, 0.3) is 0 Å². The van der Waals surface area contributed by atoms with E-state index >= 15 is 0 Å². The second-order valence-corrected chi connectivity index (χ2v) is 12.8. The van der Waals surface area contributed by atoms with E-state index in [1.165, 1.54) is 24.3 Å². The first kappa shape index (κ1) is 45.5. The molecule has 0 N–H and O–H groups in total. The topological polar surface area (TPSA) is 250 Å². The summed E-state index contributed by atoms with van der Waals surface area (Å²) in [5.74, 6) is 0. The zero-order valence-electron chi connectivity index (χ0n) is 31.2. The molecule has 2 aromatic heterocycles. The van der Waals surface area contributed by atoms with E-state index in [0.717, 1.165) is 27.4 Å². The Balaban J connectivity index is 2.25. The normalized spacial score (nSPS) is 10.6. The first-order valence-corrected chi connectivity index (χ1v) is 18.8. The fourth-order valence-corrected chi connectivity index (χ4v) is 5.96. The lowest BCUT2D eigenvalue weighted by Gasteiger charge is -2.15. The van der Waals surface area contributed by atoms with Gasteiger partial charge in [-0.25, -0.2) is 95.3 Å². The van der Waals surface area contributed by atoms with E-state index in [-0.39, 0.29) is 65.4 Å². The molecule has 0 unspecified atom stereocenters. The largest absolute Gasteiger partial charge is 0.336 e. The van der Waals surface area contributed by atoms with Crippen LogP contribution in [0.4, 0.5) is 0 Å². The zero-order chi connectivity index (χ0) is 40.3. The third-order valence-corrected chi connectivity index (χ3v) is 8.90. The molecule has 0 aliphatic rings. The van der Waals surface area contributed by atoms with Gasteiger partial charge < -0.3 is 0 Å². The van der Waals surface area contributed by atoms with Gasteiger partial charge in [0.15, 0.2) is 0 Å². The minimum Gasteiger partial charge on any atom is -0.247 e. The van der Waals surface area contributed by atoms with Crippen LogP contribution < -0.4 is 34.1 Å². The number of hydrogen-bond donors (Lipinski definition) is 0. The van der Waals surface area contributed by atoms with Gasteiger partial charge in [0.05, 0.1) is 26.2 Å². The van der Waals surface area contributed by atoms with Crippen molar-refractivity contribution in [2.75, 3.05) is 26.2 Å². The van der Waals surface area contributed by atoms with Gasteiger partial charge in [0.1, 0.15) is 0 Å². The molecule has 55 heavy (non-hydrogen) atoms. The first-order chi connectivity index (χ1) is 26.7. The van der Waals surface area contributed by atoms with Crippen molar-refractivity contribution < 1.29 is 19.2 Å². The monoisotopic (exact) mass is 770 g/mol. The molecule has 0 saturated carbocycles. The van der Waals surface area contributed by atoms with Crippen molar-refractivity contribution in [3.8, 4) is 0 Å². The molecule has 2 aromatic rings. The molecular weight excluding hydrogens is 720 g/mol. The second kappa shape index (κ2) is 27.0. The number of isocyanates is 4. The van der Waals surface area contributed by atoms with Gasteiger partial charge in [0.2, 0.25) is 24.3 Å². The highest BCUT2D eigenvalue weighted by molar-refractivity contribution is 5.33. The Morgan fingerprint density at radius 2 is 0.436 bits per heavy atom. The average molecular weight is 771 g/mol. The third kappa shape index (κ3) is 15.3. The number of aromatic nitrogens is 6. The highest BCUT2D eigenvalue weighted by Gasteiger charge is 2.17. The van der Waals surface area contributed by atoms with Crippen molar-refractivity contribution in [1.29, 1.82) is 0 Å². The summed E-state index contributed by atoms with van der Waals surface area (Å²) in [6, 6.07) is 0. The van der Waals surface area contributed by atoms with Crippen molar-refractivity contribution in [3.63, 3.8) is 0 Å². The Morgan fingerprint density at radius 1 is 0.273 bits per heavy atom. The molecule has 0 radical (unpaired) electrons. The Kier molecular flexibility index (Phi) is 22.3. The highest BCUT2D eigenvalue weighted by atomic mass is 16.2. The maximum atomic E-state index is 13.4. The predicted molar refractivity (Wildman–Crippen MR) is 200 cm³/mol. The Bertz CT molecular complexity index is 1800. The summed E-state index contributed by atoms with van der Waals surface area (Å²) in [5, 5.41) is 0. The van der Waals surface area contributed by atoms with Crippen LogP contribution in [0.15, 0.2) is 48.7 Å². The SMILES string of the molecule is O=C=NCCCCCn1c(=O)n(CCCCCN=C=O)c(=O)n(CCCCCn2c(=O)n(CCCCCN=C=O)c(=O)n(CCCCCN=C=O)c2=O)c1=O. The summed E-state index contributed by atoms with van der Waals surface area (Å²) in [4.78, 5) is 135. The van der Waals surface area contributed by atoms with Gasteiger partial charge >= 0.3 is 34.1 Å². The van der Waals surface area contributed by atoms with Gasteiger partial charge in [-0.05, 0) is 96.3 Å². The number of carbonyl (C=O) groups excluding carboxylic acids is 4. The molecular formula is C35H50N10O10. The summed E-state index contributed by atoms with van der Waals surface area (Å²) in [7, 11) is 0. The molecule has 300 valence electrons. The van der Waals surface area contributed by atoms with Crippen LogP contribution >= 0.6 is 0 Å². The standard InChI is InChI=1S/C35H50N10O10/c46-26-36-16-6-1-10-20-40-30(50)41(21-11-2-7-17-37-27-47)33(53)44(32(40)52)24-14-5-15-25-45-34(54)42(22-12-3-8-18-38-28-48)31(51)43(35(45)55)23-13-4-9-19-39-29-49/h1-25H2. The Labute approximate surface area is 315 Å². The molecule has 0 bridgehead atoms. The fraction of sp³-hybridized carbons (Fsp3) is 0.714. The lowest BCUT2D eigenvalue weighted by molar-refractivity contribution is 0.401. The van der Waals surface area contributed by atoms with E-state index in [4.69, 9.17) is 0 Å². The molecule has 0 spiro atoms. The number of nitrogens with zero attached hydrogens (tertiary/aromatic N) is 10. The van der Waals surface area contributed by atoms with Gasteiger partial charge in [-0.15, -0.1) is 0 Å². The molecule has 0 atom stereocenters. The van der Waals surface area contributed by atoms with E-state index in [0.29, 0.717) is 96.3 Å². The van der Waals surface area contributed by atoms with Crippen LogP contribution in [0.5, 0.6) is 0 Å². The lowest BCUT2D eigenvalue weighted by Crippen LogP contribution is -2.54. The second-order valence-electron chi connectivity index (χ2n) is 12.8. The predicted octanol–water partition coefficient (Wildman–Crippen LogP) is 0.552. The third-order valence-electron chi connectivity index (χ3n) is 8.90. The summed E-state index contributed by atoms with van der Waals surface area (Å²) >= 11 is 0. The molecule has 2 heterocycles. The van der Waals surface area contributed by atoms with Gasteiger partial charge in [0, 0.05) is 39.3 Å². The number of unbranched alkanes of at least 4 members (excludes halogenated alkanes) is 10. The first-order valence-electron chi connectivity index (χ1n) is 18.8. The van der Waals surface area contributed by atoms with Crippen molar-refractivity contribution >= 4 is 24.3 Å². The van der Waals surface area contributed by atoms with Crippen LogP contribution in [-0.2, 0) is 58.4 Å². The molecule has 2 rings (SSSR count). The van der Waals surface area contributed by atoms with E-state index < -0.39 is 34.1 Å². The zero-order valence-corrected chi connectivity index (χ0v) is 31.2. The molecule has 20 heteroatoms. The fourth-order valence-electron chi connectivity index (χ4n) is 5.96. The average Bonchev–Trinajstić information content (AvgIpc) is 3.17. The number of rotatable bonds is 30. The van der Waals surface area contributed by atoms with Crippen LogP contribution in [0.1, 0.15) is 96.3 Å². The molecule has 20 nitrogen and oxygen atoms in total. The highest BCUT2D eigenvalue weighted by Crippen LogP contribution is 2.02. The Morgan fingerprint density at radius 3 is 0.600 bits per heavy atom. The quantitative estimate of drug-likeness (QED) is 0.0606. The molecule has 0 saturated heterocycles. The Hall–Kier alpha value is -5.66. The van der Waals surface area contributed by atoms with Crippen molar-refractivity contribution in [3.05, 3.63) is 62.9 Å². The maximum Gasteiger partial charge on any atom is 0.336 e. The number of aliphatic imine (C=N–C) groups is 4. The van der Waals surface area contributed by atoms with Crippen molar-refractivity contribution in [2.45, 2.75) is 136 Å². The summed E-state index contributed by atoms with van der Waals surface area (Å²) < 4.78 is 6.12. The van der Waals surface area contributed by atoms with Gasteiger partial charge in [-0.2, -0.15) is 0 Å². The van der Waals surface area contributed by atoms with E-state index in [2.05, 4.69) is 20.0 Å². The van der Waals surface area contributed by atoms with Crippen molar-refractivity contribution in [1.82, 2.24) is 27.4 Å².